The molecule has 0 radical (unpaired) electrons. The molecule has 0 aliphatic heterocycles. The average Bonchev–Trinajstić information content (AvgIpc) is 2.33. The molecule has 0 saturated carbocycles. The molecule has 0 bridgehead atoms. The number of rotatable bonds is 5. The van der Waals surface area contributed by atoms with E-state index in [-0.39, 0.29) is 30.1 Å². The summed E-state index contributed by atoms with van der Waals surface area (Å²) in [5, 5.41) is 0. The SMILES string of the molecule is Cc1cc(N)cc(S(=O)(=O)NCCC(=O)N(C)C)c1F. The molecule has 0 fully saturated rings. The Kier molecular flexibility index (Phi) is 5.07. The summed E-state index contributed by atoms with van der Waals surface area (Å²) < 4.78 is 40.0. The summed E-state index contributed by atoms with van der Waals surface area (Å²) in [5.41, 5.74) is 5.83. The van der Waals surface area contributed by atoms with E-state index in [2.05, 4.69) is 4.72 Å². The average molecular weight is 303 g/mol. The third-order valence-corrected chi connectivity index (χ3v) is 4.12. The van der Waals surface area contributed by atoms with Crippen LogP contribution in [0.2, 0.25) is 0 Å². The number of nitrogens with zero attached hydrogens (tertiary/aromatic N) is 1. The van der Waals surface area contributed by atoms with Crippen molar-refractivity contribution in [3.05, 3.63) is 23.5 Å². The van der Waals surface area contributed by atoms with E-state index in [0.29, 0.717) is 0 Å². The zero-order valence-corrected chi connectivity index (χ0v) is 12.4. The fourth-order valence-corrected chi connectivity index (χ4v) is 2.77. The summed E-state index contributed by atoms with van der Waals surface area (Å²) in [4.78, 5) is 12.2. The Hall–Kier alpha value is -1.67. The fourth-order valence-electron chi connectivity index (χ4n) is 1.55. The molecule has 0 unspecified atom stereocenters. The third kappa shape index (κ3) is 3.91. The summed E-state index contributed by atoms with van der Waals surface area (Å²) in [5.74, 6) is -1.07. The molecule has 8 heteroatoms. The lowest BCUT2D eigenvalue weighted by molar-refractivity contribution is -0.128. The van der Waals surface area contributed by atoms with Crippen LogP contribution in [-0.2, 0) is 14.8 Å². The Labute approximate surface area is 117 Å². The number of amides is 1. The Bertz CT molecular complexity index is 615. The first kappa shape index (κ1) is 16.4. The zero-order chi connectivity index (χ0) is 15.5. The van der Waals surface area contributed by atoms with Gasteiger partial charge in [-0.05, 0) is 24.6 Å². The molecule has 1 aromatic rings. The van der Waals surface area contributed by atoms with Crippen LogP contribution in [0.15, 0.2) is 17.0 Å². The summed E-state index contributed by atoms with van der Waals surface area (Å²) in [6, 6.07) is 2.41. The Morgan fingerprint density at radius 2 is 2.00 bits per heavy atom. The van der Waals surface area contributed by atoms with Gasteiger partial charge in [-0.1, -0.05) is 0 Å². The molecule has 112 valence electrons. The second-order valence-corrected chi connectivity index (χ2v) is 6.32. The number of aryl methyl sites for hydroxylation is 1. The number of hydrogen-bond acceptors (Lipinski definition) is 4. The molecule has 0 aromatic heterocycles. The van der Waals surface area contributed by atoms with Gasteiger partial charge in [-0.15, -0.1) is 0 Å². The van der Waals surface area contributed by atoms with Gasteiger partial charge in [0.15, 0.2) is 0 Å². The normalized spacial score (nSPS) is 11.4. The number of halogens is 1. The van der Waals surface area contributed by atoms with Gasteiger partial charge in [0.25, 0.3) is 0 Å². The highest BCUT2D eigenvalue weighted by atomic mass is 32.2. The number of sulfonamides is 1. The molecule has 1 rings (SSSR count). The topological polar surface area (TPSA) is 92.5 Å². The Balaban J connectivity index is 2.88. The minimum atomic E-state index is -4.03. The molecule has 3 N–H and O–H groups in total. The van der Waals surface area contributed by atoms with E-state index in [1.165, 1.54) is 17.9 Å². The molecule has 0 heterocycles. The predicted octanol–water partition coefficient (Wildman–Crippen LogP) is 0.473. The number of nitrogens with two attached hydrogens (primary N) is 1. The largest absolute Gasteiger partial charge is 0.399 e. The van der Waals surface area contributed by atoms with Crippen LogP contribution in [0.4, 0.5) is 10.1 Å². The summed E-state index contributed by atoms with van der Waals surface area (Å²) in [6.07, 6.45) is -0.00481. The number of nitrogen functional groups attached to an aromatic ring is 1. The quantitative estimate of drug-likeness (QED) is 0.774. The number of hydrogen-bond donors (Lipinski definition) is 2. The van der Waals surface area contributed by atoms with Crippen LogP contribution in [0, 0.1) is 12.7 Å². The first-order chi connectivity index (χ1) is 9.15. The van der Waals surface area contributed by atoms with Crippen molar-refractivity contribution in [2.75, 3.05) is 26.4 Å². The highest BCUT2D eigenvalue weighted by Gasteiger charge is 2.21. The molecular weight excluding hydrogens is 285 g/mol. The van der Waals surface area contributed by atoms with Crippen molar-refractivity contribution in [1.82, 2.24) is 9.62 Å². The number of carbonyl (C=O) groups excluding carboxylic acids is 1. The first-order valence-corrected chi connectivity index (χ1v) is 7.39. The van der Waals surface area contributed by atoms with Gasteiger partial charge in [0.1, 0.15) is 10.7 Å². The second-order valence-electron chi connectivity index (χ2n) is 4.59. The Morgan fingerprint density at radius 3 is 2.55 bits per heavy atom. The predicted molar refractivity (Wildman–Crippen MR) is 74.0 cm³/mol. The molecule has 0 atom stereocenters. The van der Waals surface area contributed by atoms with Crippen LogP contribution in [0.1, 0.15) is 12.0 Å². The van der Waals surface area contributed by atoms with E-state index >= 15 is 0 Å². The summed E-state index contributed by atoms with van der Waals surface area (Å²) in [6.45, 7) is 1.33. The molecule has 20 heavy (non-hydrogen) atoms. The van der Waals surface area contributed by atoms with Crippen LogP contribution in [0.25, 0.3) is 0 Å². The minimum absolute atomic E-state index is 0.00481. The van der Waals surface area contributed by atoms with Gasteiger partial charge in [-0.2, -0.15) is 0 Å². The van der Waals surface area contributed by atoms with Crippen molar-refractivity contribution in [2.24, 2.45) is 0 Å². The van der Waals surface area contributed by atoms with E-state index in [0.717, 1.165) is 6.07 Å². The van der Waals surface area contributed by atoms with Crippen molar-refractivity contribution < 1.29 is 17.6 Å². The molecule has 1 amide bonds. The van der Waals surface area contributed by atoms with Crippen LogP contribution in [0.5, 0.6) is 0 Å². The van der Waals surface area contributed by atoms with Crippen LogP contribution < -0.4 is 10.5 Å². The van der Waals surface area contributed by atoms with Crippen molar-refractivity contribution in [1.29, 1.82) is 0 Å². The van der Waals surface area contributed by atoms with Gasteiger partial charge in [0, 0.05) is 32.7 Å². The van der Waals surface area contributed by atoms with Gasteiger partial charge >= 0.3 is 0 Å². The minimum Gasteiger partial charge on any atom is -0.399 e. The number of carbonyl (C=O) groups is 1. The molecule has 0 aliphatic carbocycles. The highest BCUT2D eigenvalue weighted by molar-refractivity contribution is 7.89. The lowest BCUT2D eigenvalue weighted by Gasteiger charge is -2.12. The molecule has 0 aliphatic rings. The van der Waals surface area contributed by atoms with E-state index in [1.54, 1.807) is 14.1 Å². The smallest absolute Gasteiger partial charge is 0.243 e. The lowest BCUT2D eigenvalue weighted by Crippen LogP contribution is -2.30. The van der Waals surface area contributed by atoms with Gasteiger partial charge in [0.05, 0.1) is 0 Å². The number of anilines is 1. The van der Waals surface area contributed by atoms with Gasteiger partial charge in [-0.25, -0.2) is 17.5 Å². The van der Waals surface area contributed by atoms with E-state index in [9.17, 15) is 17.6 Å². The monoisotopic (exact) mass is 303 g/mol. The van der Waals surface area contributed by atoms with E-state index in [4.69, 9.17) is 5.73 Å². The molecular formula is C12H18FN3O3S. The van der Waals surface area contributed by atoms with Gasteiger partial charge in [0.2, 0.25) is 15.9 Å². The third-order valence-electron chi connectivity index (χ3n) is 2.66. The summed E-state index contributed by atoms with van der Waals surface area (Å²) in [7, 11) is -0.899. The standard InChI is InChI=1S/C12H18FN3O3S/c1-8-6-9(14)7-10(12(8)13)20(18,19)15-5-4-11(17)16(2)3/h6-7,15H,4-5,14H2,1-3H3. The van der Waals surface area contributed by atoms with Crippen molar-refractivity contribution in [2.45, 2.75) is 18.2 Å². The fraction of sp³-hybridized carbons (Fsp3) is 0.417. The number of benzene rings is 1. The molecule has 6 nitrogen and oxygen atoms in total. The highest BCUT2D eigenvalue weighted by Crippen LogP contribution is 2.21. The van der Waals surface area contributed by atoms with E-state index in [1.807, 2.05) is 0 Å². The lowest BCUT2D eigenvalue weighted by atomic mass is 10.2. The molecule has 1 aromatic carbocycles. The molecule has 0 saturated heterocycles. The zero-order valence-electron chi connectivity index (χ0n) is 11.6. The van der Waals surface area contributed by atoms with Gasteiger partial charge in [-0.3, -0.25) is 4.79 Å². The Morgan fingerprint density at radius 1 is 1.40 bits per heavy atom. The van der Waals surface area contributed by atoms with Crippen LogP contribution in [-0.4, -0.2) is 39.9 Å². The molecule has 0 spiro atoms. The first-order valence-electron chi connectivity index (χ1n) is 5.90. The van der Waals surface area contributed by atoms with E-state index < -0.39 is 20.7 Å². The van der Waals surface area contributed by atoms with Crippen molar-refractivity contribution in [3.8, 4) is 0 Å². The maximum atomic E-state index is 13.8. The van der Waals surface area contributed by atoms with Gasteiger partial charge < -0.3 is 10.6 Å². The van der Waals surface area contributed by atoms with Crippen LogP contribution in [0.3, 0.4) is 0 Å². The summed E-state index contributed by atoms with van der Waals surface area (Å²) >= 11 is 0. The number of nitrogens with one attached hydrogen (secondary N) is 1. The second kappa shape index (κ2) is 6.19. The van der Waals surface area contributed by atoms with Crippen molar-refractivity contribution >= 4 is 21.6 Å². The maximum absolute atomic E-state index is 13.8. The van der Waals surface area contributed by atoms with Crippen molar-refractivity contribution in [3.63, 3.8) is 0 Å². The van der Waals surface area contributed by atoms with Crippen LogP contribution >= 0.6 is 0 Å². The maximum Gasteiger partial charge on any atom is 0.243 e.